The monoisotopic (exact) mass is 276 g/mol. The SMILES string of the molecule is Nc1cc(S(=O)(=O)Cl)c(Cl)nc1C(F)F. The lowest BCUT2D eigenvalue weighted by atomic mass is 10.3. The Labute approximate surface area is 93.4 Å². The van der Waals surface area contributed by atoms with Crippen LogP contribution < -0.4 is 5.73 Å². The van der Waals surface area contributed by atoms with Gasteiger partial charge in [0.1, 0.15) is 15.7 Å². The van der Waals surface area contributed by atoms with Crippen molar-refractivity contribution in [3.63, 3.8) is 0 Å². The fourth-order valence-corrected chi connectivity index (χ4v) is 2.28. The van der Waals surface area contributed by atoms with Gasteiger partial charge in [-0.1, -0.05) is 11.6 Å². The van der Waals surface area contributed by atoms with Gasteiger partial charge >= 0.3 is 0 Å². The largest absolute Gasteiger partial charge is 0.397 e. The Bertz CT molecular complexity index is 492. The first kappa shape index (κ1) is 12.4. The van der Waals surface area contributed by atoms with Crippen molar-refractivity contribution < 1.29 is 17.2 Å². The highest BCUT2D eigenvalue weighted by atomic mass is 35.7. The number of aromatic nitrogens is 1. The van der Waals surface area contributed by atoms with Gasteiger partial charge in [0.2, 0.25) is 0 Å². The van der Waals surface area contributed by atoms with Crippen LogP contribution >= 0.6 is 22.3 Å². The molecule has 9 heteroatoms. The minimum absolute atomic E-state index is 0.478. The van der Waals surface area contributed by atoms with Gasteiger partial charge < -0.3 is 5.73 Å². The standard InChI is InChI=1S/C6H4Cl2F2N2O2S/c7-5-3(15(8,13)14)1-2(11)4(12-5)6(9)10/h1,6H,11H2. The van der Waals surface area contributed by atoms with Crippen LogP contribution in [0.5, 0.6) is 0 Å². The average molecular weight is 277 g/mol. The number of nitrogen functional groups attached to an aromatic ring is 1. The van der Waals surface area contributed by atoms with Gasteiger partial charge in [-0.2, -0.15) is 0 Å². The van der Waals surface area contributed by atoms with Crippen molar-refractivity contribution in [3.8, 4) is 0 Å². The molecule has 0 saturated carbocycles. The van der Waals surface area contributed by atoms with Gasteiger partial charge in [-0.25, -0.2) is 22.2 Å². The second-order valence-corrected chi connectivity index (χ2v) is 5.38. The summed E-state index contributed by atoms with van der Waals surface area (Å²) in [6.07, 6.45) is -2.94. The number of rotatable bonds is 2. The highest BCUT2D eigenvalue weighted by molar-refractivity contribution is 8.13. The fourth-order valence-electron chi connectivity index (χ4n) is 0.846. The third-order valence-corrected chi connectivity index (χ3v) is 3.21. The predicted octanol–water partition coefficient (Wildman–Crippen LogP) is 2.18. The lowest BCUT2D eigenvalue weighted by molar-refractivity contribution is 0.147. The minimum atomic E-state index is -4.15. The van der Waals surface area contributed by atoms with Crippen LogP contribution in [0.25, 0.3) is 0 Å². The van der Waals surface area contributed by atoms with E-state index in [1.807, 2.05) is 0 Å². The minimum Gasteiger partial charge on any atom is -0.397 e. The number of nitrogens with zero attached hydrogens (tertiary/aromatic N) is 1. The average Bonchev–Trinajstić information content (AvgIpc) is 2.06. The Balaban J connectivity index is 3.46. The molecule has 0 aliphatic heterocycles. The van der Waals surface area contributed by atoms with Gasteiger partial charge in [0.25, 0.3) is 15.5 Å². The summed E-state index contributed by atoms with van der Waals surface area (Å²) in [6.45, 7) is 0. The zero-order valence-electron chi connectivity index (χ0n) is 6.92. The Hall–Kier alpha value is -0.660. The molecule has 4 nitrogen and oxygen atoms in total. The van der Waals surface area contributed by atoms with Crippen LogP contribution in [0.3, 0.4) is 0 Å². The third-order valence-electron chi connectivity index (χ3n) is 1.47. The maximum Gasteiger partial charge on any atom is 0.282 e. The van der Waals surface area contributed by atoms with E-state index in [2.05, 4.69) is 4.98 Å². The van der Waals surface area contributed by atoms with E-state index in [4.69, 9.17) is 28.0 Å². The van der Waals surface area contributed by atoms with Crippen LogP contribution in [-0.4, -0.2) is 13.4 Å². The molecule has 0 amide bonds. The molecule has 0 aliphatic carbocycles. The maximum atomic E-state index is 12.3. The highest BCUT2D eigenvalue weighted by Crippen LogP contribution is 2.30. The van der Waals surface area contributed by atoms with Gasteiger partial charge in [0.15, 0.2) is 0 Å². The molecular formula is C6H4Cl2F2N2O2S. The Morgan fingerprint density at radius 2 is 2.00 bits per heavy atom. The number of anilines is 1. The number of nitrogens with two attached hydrogens (primary N) is 1. The summed E-state index contributed by atoms with van der Waals surface area (Å²) < 4.78 is 46.3. The van der Waals surface area contributed by atoms with Gasteiger partial charge in [-0.15, -0.1) is 0 Å². The molecule has 84 valence electrons. The summed E-state index contributed by atoms with van der Waals surface area (Å²) in [5, 5.41) is -0.630. The zero-order valence-corrected chi connectivity index (χ0v) is 9.24. The van der Waals surface area contributed by atoms with Crippen LogP contribution in [0.15, 0.2) is 11.0 Å². The molecule has 1 rings (SSSR count). The molecule has 0 atom stereocenters. The van der Waals surface area contributed by atoms with E-state index in [1.165, 1.54) is 0 Å². The van der Waals surface area contributed by atoms with Crippen molar-refractivity contribution in [3.05, 3.63) is 16.9 Å². The molecule has 0 aromatic carbocycles. The van der Waals surface area contributed by atoms with E-state index in [0.29, 0.717) is 0 Å². The number of halogens is 4. The van der Waals surface area contributed by atoms with Crippen molar-refractivity contribution in [2.45, 2.75) is 11.3 Å². The summed E-state index contributed by atoms with van der Waals surface area (Å²) in [6, 6.07) is 0.749. The molecule has 2 N–H and O–H groups in total. The molecule has 1 aromatic rings. The first-order valence-electron chi connectivity index (χ1n) is 3.42. The normalized spacial score (nSPS) is 12.1. The second kappa shape index (κ2) is 4.07. The highest BCUT2D eigenvalue weighted by Gasteiger charge is 2.22. The Morgan fingerprint density at radius 3 is 2.40 bits per heavy atom. The van der Waals surface area contributed by atoms with Crippen LogP contribution in [0.4, 0.5) is 14.5 Å². The molecule has 0 saturated heterocycles. The molecular weight excluding hydrogens is 273 g/mol. The van der Waals surface area contributed by atoms with Crippen molar-refractivity contribution in [1.82, 2.24) is 4.98 Å². The van der Waals surface area contributed by atoms with Gasteiger partial charge in [0, 0.05) is 10.7 Å². The third kappa shape index (κ3) is 2.67. The Kier molecular flexibility index (Phi) is 3.37. The molecule has 0 radical (unpaired) electrons. The summed E-state index contributed by atoms with van der Waals surface area (Å²) in [7, 11) is 0.827. The maximum absolute atomic E-state index is 12.3. The molecule has 0 bridgehead atoms. The molecule has 15 heavy (non-hydrogen) atoms. The van der Waals surface area contributed by atoms with Crippen molar-refractivity contribution in [2.24, 2.45) is 0 Å². The summed E-state index contributed by atoms with van der Waals surface area (Å²) in [5.74, 6) is 0. The molecule has 0 aliphatic rings. The second-order valence-electron chi connectivity index (χ2n) is 2.49. The van der Waals surface area contributed by atoms with E-state index in [9.17, 15) is 17.2 Å². The number of alkyl halides is 2. The van der Waals surface area contributed by atoms with Gasteiger partial charge in [0.05, 0.1) is 5.69 Å². The quantitative estimate of drug-likeness (QED) is 0.664. The van der Waals surface area contributed by atoms with Crippen LogP contribution in [-0.2, 0) is 9.05 Å². The van der Waals surface area contributed by atoms with E-state index in [1.54, 1.807) is 0 Å². The molecule has 0 spiro atoms. The van der Waals surface area contributed by atoms with Gasteiger partial charge in [-0.05, 0) is 6.07 Å². The lowest BCUT2D eigenvalue weighted by Crippen LogP contribution is -2.03. The number of pyridine rings is 1. The molecule has 0 unspecified atom stereocenters. The van der Waals surface area contributed by atoms with Crippen LogP contribution in [0, 0.1) is 0 Å². The van der Waals surface area contributed by atoms with Crippen LogP contribution in [0.2, 0.25) is 5.15 Å². The molecule has 1 heterocycles. The Morgan fingerprint density at radius 1 is 1.47 bits per heavy atom. The van der Waals surface area contributed by atoms with E-state index >= 15 is 0 Å². The molecule has 0 fully saturated rings. The van der Waals surface area contributed by atoms with E-state index in [0.717, 1.165) is 6.07 Å². The number of hydrogen-bond donors (Lipinski definition) is 1. The van der Waals surface area contributed by atoms with Crippen LogP contribution in [0.1, 0.15) is 12.1 Å². The van der Waals surface area contributed by atoms with Crippen molar-refractivity contribution in [1.29, 1.82) is 0 Å². The van der Waals surface area contributed by atoms with E-state index in [-0.39, 0.29) is 0 Å². The first-order valence-corrected chi connectivity index (χ1v) is 6.11. The zero-order chi connectivity index (χ0) is 11.8. The predicted molar refractivity (Wildman–Crippen MR) is 51.7 cm³/mol. The smallest absolute Gasteiger partial charge is 0.282 e. The van der Waals surface area contributed by atoms with Crippen molar-refractivity contribution >= 4 is 37.0 Å². The number of hydrogen-bond acceptors (Lipinski definition) is 4. The van der Waals surface area contributed by atoms with Crippen molar-refractivity contribution in [2.75, 3.05) is 5.73 Å². The summed E-state index contributed by atoms with van der Waals surface area (Å²) in [4.78, 5) is 2.58. The first-order chi connectivity index (χ1) is 6.73. The lowest BCUT2D eigenvalue weighted by Gasteiger charge is -2.06. The topological polar surface area (TPSA) is 73.1 Å². The van der Waals surface area contributed by atoms with E-state index < -0.39 is 36.9 Å². The summed E-state index contributed by atoms with van der Waals surface area (Å²) in [5.41, 5.74) is 3.91. The fraction of sp³-hybridized carbons (Fsp3) is 0.167. The van der Waals surface area contributed by atoms with Gasteiger partial charge in [-0.3, -0.25) is 0 Å². The molecule has 1 aromatic heterocycles. The summed E-state index contributed by atoms with van der Waals surface area (Å²) >= 11 is 5.37.